The van der Waals surface area contributed by atoms with Gasteiger partial charge in [-0.15, -0.1) is 20.2 Å². The van der Waals surface area contributed by atoms with Crippen LogP contribution in [0.25, 0.3) is 0 Å². The zero-order chi connectivity index (χ0) is 26.6. The van der Waals surface area contributed by atoms with E-state index in [-0.39, 0.29) is 11.2 Å². The van der Waals surface area contributed by atoms with Crippen LogP contribution in [-0.4, -0.2) is 98.5 Å². The Balaban J connectivity index is 2.49. The van der Waals surface area contributed by atoms with Gasteiger partial charge in [0, 0.05) is 12.6 Å². The monoisotopic (exact) mass is 498 g/mol. The molecule has 0 saturated carbocycles. The van der Waals surface area contributed by atoms with E-state index in [1.54, 1.807) is 0 Å². The molecule has 0 bridgehead atoms. The molecule has 1 aromatic carbocycles. The van der Waals surface area contributed by atoms with Gasteiger partial charge in [-0.2, -0.15) is 0 Å². The maximum absolute atomic E-state index is 12.9. The molecular weight excluding hydrogens is 484 g/mol. The van der Waals surface area contributed by atoms with Crippen LogP contribution < -0.4 is 0 Å². The Kier molecular flexibility index (Phi) is 7.60. The number of benzene rings is 1. The van der Waals surface area contributed by atoms with E-state index in [9.17, 15) is 59.2 Å². The number of carboxylic acids is 2. The molecule has 1 heterocycles. The standard InChI is InChI=1S/C17H14N4O14/c1-18(11(16(26)27)5-34-20(30)31)13(23)8-3-10-9(2-7(8)4-22)14(24)19(15(10)25)12(17(28)29)6-35-21(32)33/h2-4,11-12H,5-6H2,1H3,(H,26,27)(H,28,29). The second-order valence-corrected chi connectivity index (χ2v) is 6.75. The number of likely N-dealkylation sites (N-methyl/N-ethyl adjacent to an activating group) is 1. The van der Waals surface area contributed by atoms with E-state index in [0.717, 1.165) is 19.2 Å². The summed E-state index contributed by atoms with van der Waals surface area (Å²) in [6.07, 6.45) is 0.0928. The van der Waals surface area contributed by atoms with Gasteiger partial charge in [0.1, 0.15) is 13.2 Å². The lowest BCUT2D eigenvalue weighted by molar-refractivity contribution is -0.758. The molecule has 18 nitrogen and oxygen atoms in total. The molecule has 0 radical (unpaired) electrons. The number of aliphatic carboxylic acids is 2. The highest BCUT2D eigenvalue weighted by Gasteiger charge is 2.44. The fraction of sp³-hybridized carbons (Fsp3) is 0.294. The van der Waals surface area contributed by atoms with Gasteiger partial charge in [-0.1, -0.05) is 0 Å². The van der Waals surface area contributed by atoms with Crippen molar-refractivity contribution in [1.82, 2.24) is 9.80 Å². The van der Waals surface area contributed by atoms with E-state index < -0.39 is 87.4 Å². The van der Waals surface area contributed by atoms with Gasteiger partial charge in [-0.05, 0) is 12.1 Å². The van der Waals surface area contributed by atoms with Crippen molar-refractivity contribution in [2.75, 3.05) is 20.3 Å². The number of imide groups is 1. The summed E-state index contributed by atoms with van der Waals surface area (Å²) in [6, 6.07) is -2.52. The predicted octanol–water partition coefficient (Wildman–Crippen LogP) is -1.51. The topological polar surface area (TPSA) is 254 Å². The van der Waals surface area contributed by atoms with Crippen LogP contribution in [0.1, 0.15) is 41.4 Å². The molecule has 1 aromatic rings. The lowest BCUT2D eigenvalue weighted by Crippen LogP contribution is -2.48. The second kappa shape index (κ2) is 10.2. The predicted molar refractivity (Wildman–Crippen MR) is 103 cm³/mol. The van der Waals surface area contributed by atoms with Crippen molar-refractivity contribution in [3.63, 3.8) is 0 Å². The fourth-order valence-corrected chi connectivity index (χ4v) is 3.09. The minimum absolute atomic E-state index is 0.0928. The average molecular weight is 498 g/mol. The second-order valence-electron chi connectivity index (χ2n) is 6.75. The Labute approximate surface area is 192 Å². The van der Waals surface area contributed by atoms with Gasteiger partial charge in [0.15, 0.2) is 18.4 Å². The van der Waals surface area contributed by atoms with Crippen LogP contribution in [0.15, 0.2) is 12.1 Å². The van der Waals surface area contributed by atoms with Crippen molar-refractivity contribution in [3.05, 3.63) is 54.6 Å². The number of amides is 3. The fourth-order valence-electron chi connectivity index (χ4n) is 3.09. The van der Waals surface area contributed by atoms with E-state index in [0.29, 0.717) is 4.90 Å². The van der Waals surface area contributed by atoms with E-state index in [2.05, 4.69) is 9.68 Å². The molecule has 3 amide bonds. The minimum atomic E-state index is -2.13. The van der Waals surface area contributed by atoms with Gasteiger partial charge in [0.2, 0.25) is 0 Å². The Morgan fingerprint density at radius 2 is 1.54 bits per heavy atom. The number of carbonyl (C=O) groups is 6. The summed E-state index contributed by atoms with van der Waals surface area (Å²) in [5.41, 5.74) is -2.16. The number of aldehydes is 1. The maximum atomic E-state index is 12.9. The first kappa shape index (κ1) is 26.1. The highest BCUT2D eigenvalue weighted by Crippen LogP contribution is 2.28. The number of carboxylic acid groups (broad SMARTS) is 2. The van der Waals surface area contributed by atoms with Crippen LogP contribution in [0.5, 0.6) is 0 Å². The third-order valence-corrected chi connectivity index (χ3v) is 4.79. The van der Waals surface area contributed by atoms with Crippen LogP contribution in [0.4, 0.5) is 0 Å². The van der Waals surface area contributed by atoms with Crippen LogP contribution in [0, 0.1) is 20.2 Å². The van der Waals surface area contributed by atoms with Crippen LogP contribution in [0.3, 0.4) is 0 Å². The van der Waals surface area contributed by atoms with Crippen molar-refractivity contribution in [1.29, 1.82) is 0 Å². The van der Waals surface area contributed by atoms with E-state index in [4.69, 9.17) is 0 Å². The summed E-state index contributed by atoms with van der Waals surface area (Å²) in [7, 11) is 0.918. The zero-order valence-corrected chi connectivity index (χ0v) is 17.4. The summed E-state index contributed by atoms with van der Waals surface area (Å²) in [4.78, 5) is 102. The number of nitrogens with zero attached hydrogens (tertiary/aromatic N) is 4. The Morgan fingerprint density at radius 3 is 2.00 bits per heavy atom. The third-order valence-electron chi connectivity index (χ3n) is 4.79. The number of carbonyl (C=O) groups excluding carboxylic acids is 4. The van der Waals surface area contributed by atoms with Crippen molar-refractivity contribution in [3.8, 4) is 0 Å². The van der Waals surface area contributed by atoms with Crippen LogP contribution >= 0.6 is 0 Å². The number of rotatable bonds is 12. The molecule has 0 fully saturated rings. The molecule has 35 heavy (non-hydrogen) atoms. The van der Waals surface area contributed by atoms with Gasteiger partial charge >= 0.3 is 11.9 Å². The SMILES string of the molecule is CN(C(=O)c1cc2c(cc1C=O)C(=O)N(C(CO[N+](=O)[O-])C(=O)O)C2=O)C(CO[N+](=O)[O-])C(=O)O. The molecular formula is C17H14N4O14. The zero-order valence-electron chi connectivity index (χ0n) is 17.4. The smallest absolute Gasteiger partial charge is 0.328 e. The number of hydrogen-bond acceptors (Lipinski definition) is 12. The largest absolute Gasteiger partial charge is 0.480 e. The molecule has 0 spiro atoms. The normalized spacial score (nSPS) is 13.9. The minimum Gasteiger partial charge on any atom is -0.480 e. The van der Waals surface area contributed by atoms with Crippen LogP contribution in [-0.2, 0) is 19.3 Å². The molecule has 2 N–H and O–H groups in total. The highest BCUT2D eigenvalue weighted by molar-refractivity contribution is 6.24. The molecule has 1 aliphatic heterocycles. The first-order valence-corrected chi connectivity index (χ1v) is 9.10. The lowest BCUT2D eigenvalue weighted by atomic mass is 9.99. The maximum Gasteiger partial charge on any atom is 0.328 e. The first-order chi connectivity index (χ1) is 16.3. The molecule has 2 atom stereocenters. The van der Waals surface area contributed by atoms with Crippen molar-refractivity contribution < 1.29 is 58.8 Å². The molecule has 18 heteroatoms. The summed E-state index contributed by atoms with van der Waals surface area (Å²) >= 11 is 0. The van der Waals surface area contributed by atoms with Crippen molar-refractivity contribution in [2.24, 2.45) is 0 Å². The molecule has 2 rings (SSSR count). The van der Waals surface area contributed by atoms with Gasteiger partial charge < -0.3 is 24.8 Å². The van der Waals surface area contributed by atoms with E-state index in [1.807, 2.05) is 0 Å². The van der Waals surface area contributed by atoms with Crippen LogP contribution in [0.2, 0.25) is 0 Å². The summed E-state index contributed by atoms with van der Waals surface area (Å²) in [6.45, 7) is -2.28. The van der Waals surface area contributed by atoms with Crippen molar-refractivity contribution in [2.45, 2.75) is 12.1 Å². The average Bonchev–Trinajstić information content (AvgIpc) is 3.01. The highest BCUT2D eigenvalue weighted by atomic mass is 17.0. The van der Waals surface area contributed by atoms with Gasteiger partial charge in [0.05, 0.1) is 16.7 Å². The Bertz CT molecular complexity index is 1150. The van der Waals surface area contributed by atoms with E-state index in [1.165, 1.54) is 0 Å². The summed E-state index contributed by atoms with van der Waals surface area (Å²) in [5.74, 6) is -7.28. The van der Waals surface area contributed by atoms with E-state index >= 15 is 0 Å². The molecule has 0 aromatic heterocycles. The third kappa shape index (κ3) is 5.26. The van der Waals surface area contributed by atoms with Gasteiger partial charge in [-0.25, -0.2) is 9.59 Å². The molecule has 1 aliphatic rings. The molecule has 2 unspecified atom stereocenters. The van der Waals surface area contributed by atoms with Crippen molar-refractivity contribution >= 4 is 35.9 Å². The molecule has 186 valence electrons. The number of hydrogen-bond donors (Lipinski definition) is 2. The lowest BCUT2D eigenvalue weighted by Gasteiger charge is -2.24. The quantitative estimate of drug-likeness (QED) is 0.144. The van der Waals surface area contributed by atoms with Gasteiger partial charge in [-0.3, -0.25) is 24.1 Å². The Hall–Kier alpha value is -5.16. The first-order valence-electron chi connectivity index (χ1n) is 9.10. The Morgan fingerprint density at radius 1 is 1.03 bits per heavy atom. The molecule has 0 saturated heterocycles. The summed E-state index contributed by atoms with van der Waals surface area (Å²) in [5, 5.41) is 36.7. The van der Waals surface area contributed by atoms with Gasteiger partial charge in [0.25, 0.3) is 27.9 Å². The molecule has 0 aliphatic carbocycles. The summed E-state index contributed by atoms with van der Waals surface area (Å²) < 4.78 is 0. The number of fused-ring (bicyclic) bond motifs is 1.